The van der Waals surface area contributed by atoms with Gasteiger partial charge in [0.15, 0.2) is 0 Å². The SMILES string of the molecule is CC(C)=C1C2C=CC1C(C(=O)Nc1ccc(C)cc1)C2C(=O)O. The minimum atomic E-state index is -0.898. The Morgan fingerprint density at radius 3 is 2.09 bits per heavy atom. The predicted molar refractivity (Wildman–Crippen MR) is 88.9 cm³/mol. The van der Waals surface area contributed by atoms with E-state index in [1.54, 1.807) is 0 Å². The molecule has 2 bridgehead atoms. The normalized spacial score (nSPS) is 28.0. The van der Waals surface area contributed by atoms with Crippen LogP contribution in [0.25, 0.3) is 0 Å². The lowest BCUT2D eigenvalue weighted by Crippen LogP contribution is -2.36. The van der Waals surface area contributed by atoms with E-state index in [1.807, 2.05) is 57.2 Å². The average Bonchev–Trinajstić information content (AvgIpc) is 3.05. The summed E-state index contributed by atoms with van der Waals surface area (Å²) in [5.41, 5.74) is 4.03. The Bertz CT molecular complexity index is 711. The molecule has 23 heavy (non-hydrogen) atoms. The first-order valence-corrected chi connectivity index (χ1v) is 7.86. The maximum Gasteiger partial charge on any atom is 0.308 e. The van der Waals surface area contributed by atoms with Crippen LogP contribution >= 0.6 is 0 Å². The molecule has 4 unspecified atom stereocenters. The van der Waals surface area contributed by atoms with Crippen molar-refractivity contribution >= 4 is 17.6 Å². The van der Waals surface area contributed by atoms with E-state index in [2.05, 4.69) is 5.32 Å². The smallest absolute Gasteiger partial charge is 0.308 e. The largest absolute Gasteiger partial charge is 0.481 e. The maximum absolute atomic E-state index is 12.7. The van der Waals surface area contributed by atoms with Crippen LogP contribution in [0.4, 0.5) is 5.69 Å². The number of aliphatic carboxylic acids is 1. The summed E-state index contributed by atoms with van der Waals surface area (Å²) in [4.78, 5) is 24.5. The van der Waals surface area contributed by atoms with E-state index in [1.165, 1.54) is 0 Å². The summed E-state index contributed by atoms with van der Waals surface area (Å²) in [6.45, 7) is 5.96. The molecule has 0 radical (unpaired) electrons. The summed E-state index contributed by atoms with van der Waals surface area (Å²) in [6, 6.07) is 7.53. The second kappa shape index (κ2) is 5.69. The quantitative estimate of drug-likeness (QED) is 0.841. The van der Waals surface area contributed by atoms with Crippen LogP contribution in [-0.4, -0.2) is 17.0 Å². The van der Waals surface area contributed by atoms with Gasteiger partial charge in [0, 0.05) is 17.5 Å². The predicted octanol–water partition coefficient (Wildman–Crippen LogP) is 3.40. The van der Waals surface area contributed by atoms with Gasteiger partial charge in [0.05, 0.1) is 11.8 Å². The van der Waals surface area contributed by atoms with Crippen molar-refractivity contribution in [3.63, 3.8) is 0 Å². The molecule has 2 N–H and O–H groups in total. The molecule has 1 amide bonds. The molecule has 2 aliphatic rings. The van der Waals surface area contributed by atoms with Crippen molar-refractivity contribution in [3.05, 3.63) is 53.1 Å². The summed E-state index contributed by atoms with van der Waals surface area (Å²) < 4.78 is 0. The fourth-order valence-electron chi connectivity index (χ4n) is 3.90. The number of carboxylic acids is 1. The molecular formula is C19H21NO3. The van der Waals surface area contributed by atoms with E-state index in [-0.39, 0.29) is 17.7 Å². The van der Waals surface area contributed by atoms with Crippen LogP contribution < -0.4 is 5.32 Å². The van der Waals surface area contributed by atoms with Crippen LogP contribution in [0.3, 0.4) is 0 Å². The van der Waals surface area contributed by atoms with Crippen molar-refractivity contribution < 1.29 is 14.7 Å². The Balaban J connectivity index is 1.89. The van der Waals surface area contributed by atoms with Gasteiger partial charge in [-0.15, -0.1) is 0 Å². The topological polar surface area (TPSA) is 66.4 Å². The Labute approximate surface area is 135 Å². The molecule has 0 spiro atoms. The summed E-state index contributed by atoms with van der Waals surface area (Å²) in [7, 11) is 0. The Hall–Kier alpha value is -2.36. The first-order valence-electron chi connectivity index (χ1n) is 7.86. The van der Waals surface area contributed by atoms with Gasteiger partial charge in [-0.25, -0.2) is 0 Å². The standard InChI is InChI=1S/C19H21NO3/c1-10(2)15-13-8-9-14(15)17(19(22)23)16(13)18(21)20-12-6-4-11(3)5-7-12/h4-9,13-14,16-17H,1-3H3,(H,20,21)(H,22,23). The van der Waals surface area contributed by atoms with E-state index in [0.29, 0.717) is 5.69 Å². The van der Waals surface area contributed by atoms with Gasteiger partial charge in [-0.05, 0) is 32.9 Å². The van der Waals surface area contributed by atoms with Gasteiger partial charge in [0.2, 0.25) is 5.91 Å². The Kier molecular flexibility index (Phi) is 3.84. The number of allylic oxidation sites excluding steroid dienone is 4. The minimum absolute atomic E-state index is 0.100. The Morgan fingerprint density at radius 2 is 1.57 bits per heavy atom. The van der Waals surface area contributed by atoms with E-state index >= 15 is 0 Å². The van der Waals surface area contributed by atoms with Crippen molar-refractivity contribution in [1.29, 1.82) is 0 Å². The number of hydrogen-bond acceptors (Lipinski definition) is 2. The van der Waals surface area contributed by atoms with Crippen molar-refractivity contribution in [2.45, 2.75) is 20.8 Å². The number of carbonyl (C=O) groups excluding carboxylic acids is 1. The molecule has 1 saturated carbocycles. The number of aryl methyl sites for hydroxylation is 1. The highest BCUT2D eigenvalue weighted by molar-refractivity contribution is 5.97. The molecule has 4 nitrogen and oxygen atoms in total. The van der Waals surface area contributed by atoms with Crippen molar-refractivity contribution in [2.75, 3.05) is 5.32 Å². The second-order valence-electron chi connectivity index (χ2n) is 6.64. The zero-order valence-electron chi connectivity index (χ0n) is 13.5. The molecule has 0 aliphatic heterocycles. The van der Waals surface area contributed by atoms with Gasteiger partial charge in [-0.2, -0.15) is 0 Å². The second-order valence-corrected chi connectivity index (χ2v) is 6.64. The van der Waals surface area contributed by atoms with Crippen molar-refractivity contribution in [2.24, 2.45) is 23.7 Å². The molecule has 120 valence electrons. The third-order valence-corrected chi connectivity index (χ3v) is 4.89. The molecule has 4 atom stereocenters. The molecule has 0 heterocycles. The number of fused-ring (bicyclic) bond motifs is 2. The molecular weight excluding hydrogens is 290 g/mol. The van der Waals surface area contributed by atoms with Crippen LogP contribution in [0.15, 0.2) is 47.6 Å². The zero-order valence-corrected chi connectivity index (χ0v) is 13.5. The molecule has 1 fully saturated rings. The number of carboxylic acid groups (broad SMARTS) is 1. The molecule has 2 aliphatic carbocycles. The van der Waals surface area contributed by atoms with E-state index in [4.69, 9.17) is 0 Å². The zero-order chi connectivity index (χ0) is 16.7. The van der Waals surface area contributed by atoms with Crippen LogP contribution in [0.5, 0.6) is 0 Å². The summed E-state index contributed by atoms with van der Waals surface area (Å²) in [6.07, 6.45) is 3.94. The van der Waals surface area contributed by atoms with E-state index < -0.39 is 17.8 Å². The lowest BCUT2D eigenvalue weighted by Gasteiger charge is -2.23. The molecule has 1 aromatic rings. The fourth-order valence-corrected chi connectivity index (χ4v) is 3.90. The van der Waals surface area contributed by atoms with Crippen LogP contribution in [0.1, 0.15) is 19.4 Å². The monoisotopic (exact) mass is 311 g/mol. The van der Waals surface area contributed by atoms with Gasteiger partial charge in [-0.3, -0.25) is 9.59 Å². The Morgan fingerprint density at radius 1 is 1.00 bits per heavy atom. The van der Waals surface area contributed by atoms with Gasteiger partial charge >= 0.3 is 5.97 Å². The number of nitrogens with one attached hydrogen (secondary N) is 1. The third kappa shape index (κ3) is 2.58. The van der Waals surface area contributed by atoms with Gasteiger partial charge in [0.25, 0.3) is 0 Å². The molecule has 1 aromatic carbocycles. The highest BCUT2D eigenvalue weighted by Crippen LogP contribution is 2.53. The lowest BCUT2D eigenvalue weighted by molar-refractivity contribution is -0.146. The molecule has 3 rings (SSSR count). The van der Waals surface area contributed by atoms with Gasteiger partial charge in [0.1, 0.15) is 0 Å². The minimum Gasteiger partial charge on any atom is -0.481 e. The van der Waals surface area contributed by atoms with Crippen LogP contribution in [0, 0.1) is 30.6 Å². The fraction of sp³-hybridized carbons (Fsp3) is 0.368. The highest BCUT2D eigenvalue weighted by atomic mass is 16.4. The lowest BCUT2D eigenvalue weighted by atomic mass is 9.82. The van der Waals surface area contributed by atoms with Gasteiger partial charge in [-0.1, -0.05) is 41.0 Å². The van der Waals surface area contributed by atoms with Crippen molar-refractivity contribution in [1.82, 2.24) is 0 Å². The first-order chi connectivity index (χ1) is 10.9. The summed E-state index contributed by atoms with van der Waals surface area (Å²) in [5, 5.41) is 12.5. The summed E-state index contributed by atoms with van der Waals surface area (Å²) in [5.74, 6) is -2.59. The first kappa shape index (κ1) is 15.5. The van der Waals surface area contributed by atoms with Crippen LogP contribution in [0.2, 0.25) is 0 Å². The van der Waals surface area contributed by atoms with E-state index in [0.717, 1.165) is 16.7 Å². The number of anilines is 1. The molecule has 0 saturated heterocycles. The van der Waals surface area contributed by atoms with Gasteiger partial charge < -0.3 is 10.4 Å². The number of amides is 1. The third-order valence-electron chi connectivity index (χ3n) is 4.89. The number of carbonyl (C=O) groups is 2. The number of rotatable bonds is 3. The average molecular weight is 311 g/mol. The van der Waals surface area contributed by atoms with Crippen LogP contribution in [-0.2, 0) is 9.59 Å². The molecule has 4 heteroatoms. The van der Waals surface area contributed by atoms with E-state index in [9.17, 15) is 14.7 Å². The summed E-state index contributed by atoms with van der Waals surface area (Å²) >= 11 is 0. The highest BCUT2D eigenvalue weighted by Gasteiger charge is 2.54. The number of benzene rings is 1. The number of hydrogen-bond donors (Lipinski definition) is 2. The van der Waals surface area contributed by atoms with Crippen molar-refractivity contribution in [3.8, 4) is 0 Å². The molecule has 0 aromatic heterocycles. The maximum atomic E-state index is 12.7.